The third-order valence-corrected chi connectivity index (χ3v) is 6.46. The highest BCUT2D eigenvalue weighted by atomic mass is 35.5. The maximum Gasteiger partial charge on any atom is 0.243 e. The van der Waals surface area contributed by atoms with E-state index in [0.717, 1.165) is 5.56 Å². The molecule has 1 aliphatic rings. The molecule has 9 heteroatoms. The highest BCUT2D eigenvalue weighted by molar-refractivity contribution is 7.89. The highest BCUT2D eigenvalue weighted by Gasteiger charge is 2.26. The van der Waals surface area contributed by atoms with E-state index in [9.17, 15) is 8.42 Å². The molecule has 0 amide bonds. The summed E-state index contributed by atoms with van der Waals surface area (Å²) in [5, 5.41) is 7.25. The molecule has 1 fully saturated rings. The lowest BCUT2D eigenvalue weighted by molar-refractivity contribution is 0.0730. The van der Waals surface area contributed by atoms with Crippen LogP contribution in [0.4, 0.5) is 5.69 Å². The Morgan fingerprint density at radius 3 is 2.52 bits per heavy atom. The predicted molar refractivity (Wildman–Crippen MR) is 111 cm³/mol. The average Bonchev–Trinajstić information content (AvgIpc) is 2.68. The zero-order valence-corrected chi connectivity index (χ0v) is 16.9. The van der Waals surface area contributed by atoms with Crippen LogP contribution in [0.1, 0.15) is 5.56 Å². The van der Waals surface area contributed by atoms with Gasteiger partial charge in [0.1, 0.15) is 0 Å². The fourth-order valence-electron chi connectivity index (χ4n) is 2.65. The Labute approximate surface area is 169 Å². The molecule has 6 nitrogen and oxygen atoms in total. The number of sulfonamides is 1. The molecular weight excluding hydrogens is 406 g/mol. The lowest BCUT2D eigenvalue weighted by Crippen LogP contribution is -2.40. The molecule has 2 aromatic rings. The largest absolute Gasteiger partial charge is 0.379 e. The summed E-state index contributed by atoms with van der Waals surface area (Å²) in [5.74, 6) is 0. The van der Waals surface area contributed by atoms with Crippen molar-refractivity contribution in [2.45, 2.75) is 11.4 Å². The standard InChI is InChI=1S/C18H20ClN3O3S2/c19-15-3-1-2-14(12-15)13-20-18(26)21-16-4-6-17(7-5-16)27(23,24)22-8-10-25-11-9-22/h1-7,12H,8-11,13H2,(H2,20,21,26). The molecule has 0 unspecified atom stereocenters. The first kappa shape index (κ1) is 20.0. The van der Waals surface area contributed by atoms with E-state index in [1.165, 1.54) is 4.31 Å². The van der Waals surface area contributed by atoms with Crippen LogP contribution in [0.25, 0.3) is 0 Å². The van der Waals surface area contributed by atoms with E-state index in [1.54, 1.807) is 24.3 Å². The number of thiocarbonyl (C=S) groups is 1. The highest BCUT2D eigenvalue weighted by Crippen LogP contribution is 2.19. The number of nitrogens with one attached hydrogen (secondary N) is 2. The molecule has 1 aliphatic heterocycles. The van der Waals surface area contributed by atoms with Gasteiger partial charge in [-0.2, -0.15) is 4.31 Å². The van der Waals surface area contributed by atoms with Crippen LogP contribution in [-0.4, -0.2) is 44.1 Å². The number of halogens is 1. The average molecular weight is 426 g/mol. The maximum absolute atomic E-state index is 12.6. The second-order valence-electron chi connectivity index (χ2n) is 5.98. The zero-order valence-electron chi connectivity index (χ0n) is 14.5. The second-order valence-corrected chi connectivity index (χ2v) is 8.76. The topological polar surface area (TPSA) is 70.7 Å². The minimum absolute atomic E-state index is 0.257. The van der Waals surface area contributed by atoms with Gasteiger partial charge in [-0.05, 0) is 54.2 Å². The predicted octanol–water partition coefficient (Wildman–Crippen LogP) is 2.85. The number of hydrogen-bond acceptors (Lipinski definition) is 4. The summed E-state index contributed by atoms with van der Waals surface area (Å²) < 4.78 is 31.9. The summed E-state index contributed by atoms with van der Waals surface area (Å²) in [6.45, 7) is 2.13. The summed E-state index contributed by atoms with van der Waals surface area (Å²) in [5.41, 5.74) is 1.72. The van der Waals surface area contributed by atoms with Crippen molar-refractivity contribution in [3.8, 4) is 0 Å². The first-order valence-corrected chi connectivity index (χ1v) is 10.6. The summed E-state index contributed by atoms with van der Waals surface area (Å²) in [6, 6.07) is 14.0. The second kappa shape index (κ2) is 8.99. The maximum atomic E-state index is 12.6. The normalized spacial score (nSPS) is 15.3. The van der Waals surface area contributed by atoms with Gasteiger partial charge in [0.25, 0.3) is 0 Å². The van der Waals surface area contributed by atoms with Crippen LogP contribution in [-0.2, 0) is 21.3 Å². The van der Waals surface area contributed by atoms with Crippen molar-refractivity contribution >= 4 is 44.6 Å². The fourth-order valence-corrected chi connectivity index (χ4v) is 4.46. The van der Waals surface area contributed by atoms with E-state index < -0.39 is 10.0 Å². The number of ether oxygens (including phenoxy) is 1. The number of hydrogen-bond donors (Lipinski definition) is 2. The quantitative estimate of drug-likeness (QED) is 0.718. The molecule has 3 rings (SSSR count). The first-order chi connectivity index (χ1) is 12.9. The molecule has 144 valence electrons. The van der Waals surface area contributed by atoms with Gasteiger partial charge in [0, 0.05) is 30.3 Å². The third-order valence-electron chi connectivity index (χ3n) is 4.06. The van der Waals surface area contributed by atoms with Crippen molar-refractivity contribution < 1.29 is 13.2 Å². The molecule has 0 atom stereocenters. The number of nitrogens with zero attached hydrogens (tertiary/aromatic N) is 1. The van der Waals surface area contributed by atoms with Gasteiger partial charge in [-0.3, -0.25) is 0 Å². The van der Waals surface area contributed by atoms with E-state index in [4.69, 9.17) is 28.6 Å². The molecule has 2 aromatic carbocycles. The Hall–Kier alpha value is -1.71. The zero-order chi connectivity index (χ0) is 19.3. The van der Waals surface area contributed by atoms with E-state index in [0.29, 0.717) is 48.7 Å². The lowest BCUT2D eigenvalue weighted by Gasteiger charge is -2.26. The van der Waals surface area contributed by atoms with E-state index in [1.807, 2.05) is 24.3 Å². The SMILES string of the molecule is O=S(=O)(c1ccc(NC(=S)NCc2cccc(Cl)c2)cc1)N1CCOCC1. The molecule has 1 saturated heterocycles. The lowest BCUT2D eigenvalue weighted by atomic mass is 10.2. The van der Waals surface area contributed by atoms with E-state index in [-0.39, 0.29) is 4.90 Å². The van der Waals surface area contributed by atoms with Gasteiger partial charge >= 0.3 is 0 Å². The molecule has 0 saturated carbocycles. The van der Waals surface area contributed by atoms with Crippen molar-refractivity contribution in [2.24, 2.45) is 0 Å². The smallest absolute Gasteiger partial charge is 0.243 e. The molecular formula is C18H20ClN3O3S2. The summed E-state index contributed by atoms with van der Waals surface area (Å²) in [7, 11) is -3.49. The number of benzene rings is 2. The molecule has 27 heavy (non-hydrogen) atoms. The van der Waals surface area contributed by atoms with Crippen LogP contribution in [0.5, 0.6) is 0 Å². The fraction of sp³-hybridized carbons (Fsp3) is 0.278. The summed E-state index contributed by atoms with van der Waals surface area (Å²) in [6.07, 6.45) is 0. The van der Waals surface area contributed by atoms with Gasteiger partial charge in [0.2, 0.25) is 10.0 Å². The summed E-state index contributed by atoms with van der Waals surface area (Å²) >= 11 is 11.2. The van der Waals surface area contributed by atoms with Gasteiger partial charge in [-0.25, -0.2) is 8.42 Å². The molecule has 0 radical (unpaired) electrons. The number of morpholine rings is 1. The Morgan fingerprint density at radius 2 is 1.85 bits per heavy atom. The number of anilines is 1. The Balaban J connectivity index is 1.57. The molecule has 2 N–H and O–H groups in total. The minimum atomic E-state index is -3.49. The van der Waals surface area contributed by atoms with Crippen LogP contribution in [0.15, 0.2) is 53.4 Å². The van der Waals surface area contributed by atoms with Crippen molar-refractivity contribution in [2.75, 3.05) is 31.6 Å². The van der Waals surface area contributed by atoms with Crippen molar-refractivity contribution in [3.05, 3.63) is 59.1 Å². The Bertz CT molecular complexity index is 898. The van der Waals surface area contributed by atoms with Gasteiger partial charge in [0.05, 0.1) is 18.1 Å². The van der Waals surface area contributed by atoms with E-state index >= 15 is 0 Å². The Kier molecular flexibility index (Phi) is 6.67. The van der Waals surface area contributed by atoms with Crippen LogP contribution >= 0.6 is 23.8 Å². The molecule has 1 heterocycles. The number of rotatable bonds is 5. The van der Waals surface area contributed by atoms with Crippen LogP contribution < -0.4 is 10.6 Å². The van der Waals surface area contributed by atoms with Crippen LogP contribution in [0, 0.1) is 0 Å². The molecule has 0 bridgehead atoms. The first-order valence-electron chi connectivity index (χ1n) is 8.42. The van der Waals surface area contributed by atoms with Crippen molar-refractivity contribution in [3.63, 3.8) is 0 Å². The van der Waals surface area contributed by atoms with Gasteiger partial charge in [-0.15, -0.1) is 0 Å². The van der Waals surface area contributed by atoms with Crippen LogP contribution in [0.3, 0.4) is 0 Å². The van der Waals surface area contributed by atoms with Crippen molar-refractivity contribution in [1.82, 2.24) is 9.62 Å². The third kappa shape index (κ3) is 5.40. The van der Waals surface area contributed by atoms with Crippen molar-refractivity contribution in [1.29, 1.82) is 0 Å². The van der Waals surface area contributed by atoms with Gasteiger partial charge in [0.15, 0.2) is 5.11 Å². The molecule has 0 spiro atoms. The molecule has 0 aromatic heterocycles. The van der Waals surface area contributed by atoms with E-state index in [2.05, 4.69) is 10.6 Å². The van der Waals surface area contributed by atoms with Gasteiger partial charge in [-0.1, -0.05) is 23.7 Å². The minimum Gasteiger partial charge on any atom is -0.379 e. The van der Waals surface area contributed by atoms with Crippen LogP contribution in [0.2, 0.25) is 5.02 Å². The Morgan fingerprint density at radius 1 is 1.15 bits per heavy atom. The summed E-state index contributed by atoms with van der Waals surface area (Å²) in [4.78, 5) is 0.257. The molecule has 0 aliphatic carbocycles. The monoisotopic (exact) mass is 425 g/mol. The van der Waals surface area contributed by atoms with Gasteiger partial charge < -0.3 is 15.4 Å².